The summed E-state index contributed by atoms with van der Waals surface area (Å²) in [4.78, 5) is 36.0. The number of benzene rings is 1. The lowest BCUT2D eigenvalue weighted by Crippen LogP contribution is -2.67. The predicted octanol–water partition coefficient (Wildman–Crippen LogP) is 1.33. The largest absolute Gasteiger partial charge is 0.379 e. The number of ether oxygens (including phenoxy) is 1. The van der Waals surface area contributed by atoms with Crippen molar-refractivity contribution in [3.8, 4) is 0 Å². The number of morpholine rings is 1. The Bertz CT molecular complexity index is 949. The fraction of sp³-hybridized carbons (Fsp3) is 0.545. The standard InChI is InChI=1S/C22H28N4O3/c1-22-20-17(16-5-2-3-6-18(16)23-20)7-10-26(22)19(27)15-25(21(22)28)9-4-8-24-11-13-29-14-12-24/h2-3,5-6,23H,4,7-15H2,1H3/t22-/m1/s1. The molecule has 1 aromatic carbocycles. The van der Waals surface area contributed by atoms with E-state index in [1.165, 1.54) is 5.56 Å². The van der Waals surface area contributed by atoms with E-state index in [4.69, 9.17) is 4.74 Å². The van der Waals surface area contributed by atoms with Crippen LogP contribution in [-0.4, -0.2) is 84.0 Å². The third-order valence-corrected chi connectivity index (χ3v) is 6.76. The Labute approximate surface area is 170 Å². The van der Waals surface area contributed by atoms with Gasteiger partial charge in [-0.05, 0) is 31.4 Å². The fourth-order valence-corrected chi connectivity index (χ4v) is 5.17. The van der Waals surface area contributed by atoms with E-state index in [9.17, 15) is 9.59 Å². The van der Waals surface area contributed by atoms with Crippen LogP contribution in [0.3, 0.4) is 0 Å². The van der Waals surface area contributed by atoms with E-state index in [1.54, 1.807) is 9.80 Å². The second-order valence-electron chi connectivity index (χ2n) is 8.43. The molecule has 29 heavy (non-hydrogen) atoms. The summed E-state index contributed by atoms with van der Waals surface area (Å²) in [6.07, 6.45) is 1.65. The highest BCUT2D eigenvalue weighted by Crippen LogP contribution is 2.41. The zero-order valence-corrected chi connectivity index (χ0v) is 16.9. The van der Waals surface area contributed by atoms with E-state index in [0.717, 1.165) is 62.3 Å². The lowest BCUT2D eigenvalue weighted by Gasteiger charge is -2.49. The van der Waals surface area contributed by atoms with E-state index in [0.29, 0.717) is 13.1 Å². The molecule has 0 spiro atoms. The van der Waals surface area contributed by atoms with Crippen molar-refractivity contribution in [1.29, 1.82) is 0 Å². The molecular formula is C22H28N4O3. The van der Waals surface area contributed by atoms with Crippen LogP contribution in [0.1, 0.15) is 24.6 Å². The van der Waals surface area contributed by atoms with E-state index in [1.807, 2.05) is 25.1 Å². The monoisotopic (exact) mass is 396 g/mol. The van der Waals surface area contributed by atoms with Crippen molar-refractivity contribution in [2.24, 2.45) is 0 Å². The van der Waals surface area contributed by atoms with E-state index in [2.05, 4.69) is 16.0 Å². The lowest BCUT2D eigenvalue weighted by molar-refractivity contribution is -0.166. The number of carbonyl (C=O) groups is 2. The van der Waals surface area contributed by atoms with Gasteiger partial charge in [-0.25, -0.2) is 0 Å². The van der Waals surface area contributed by atoms with Crippen molar-refractivity contribution in [3.63, 3.8) is 0 Å². The average molecular weight is 396 g/mol. The highest BCUT2D eigenvalue weighted by atomic mass is 16.5. The number of para-hydroxylation sites is 1. The van der Waals surface area contributed by atoms with E-state index in [-0.39, 0.29) is 18.4 Å². The Balaban J connectivity index is 1.40. The van der Waals surface area contributed by atoms with Crippen LogP contribution in [0, 0.1) is 0 Å². The Kier molecular flexibility index (Phi) is 4.59. The first kappa shape index (κ1) is 18.6. The lowest BCUT2D eigenvalue weighted by atomic mass is 9.83. The zero-order chi connectivity index (χ0) is 20.0. The third kappa shape index (κ3) is 2.95. The fourth-order valence-electron chi connectivity index (χ4n) is 5.17. The zero-order valence-electron chi connectivity index (χ0n) is 16.9. The molecule has 3 aliphatic heterocycles. The molecule has 2 fully saturated rings. The number of hydrogen-bond donors (Lipinski definition) is 1. The molecule has 1 atom stereocenters. The predicted molar refractivity (Wildman–Crippen MR) is 110 cm³/mol. The first-order valence-electron chi connectivity index (χ1n) is 10.6. The van der Waals surface area contributed by atoms with E-state index < -0.39 is 5.54 Å². The van der Waals surface area contributed by atoms with Gasteiger partial charge in [-0.2, -0.15) is 0 Å². The van der Waals surface area contributed by atoms with Gasteiger partial charge in [0.2, 0.25) is 5.91 Å². The molecule has 1 aromatic heterocycles. The summed E-state index contributed by atoms with van der Waals surface area (Å²) >= 11 is 0. The molecule has 0 bridgehead atoms. The van der Waals surface area contributed by atoms with Gasteiger partial charge in [0, 0.05) is 43.6 Å². The molecule has 5 rings (SSSR count). The van der Waals surface area contributed by atoms with Crippen LogP contribution in [0.5, 0.6) is 0 Å². The van der Waals surface area contributed by atoms with Gasteiger partial charge in [0.25, 0.3) is 5.91 Å². The molecule has 154 valence electrons. The molecule has 0 unspecified atom stereocenters. The molecule has 1 N–H and O–H groups in total. The number of rotatable bonds is 4. The minimum Gasteiger partial charge on any atom is -0.379 e. The molecule has 7 nitrogen and oxygen atoms in total. The Morgan fingerprint density at radius 3 is 2.72 bits per heavy atom. The highest BCUT2D eigenvalue weighted by Gasteiger charge is 2.53. The molecule has 0 radical (unpaired) electrons. The summed E-state index contributed by atoms with van der Waals surface area (Å²) in [6.45, 7) is 7.67. The van der Waals surface area contributed by atoms with Crippen LogP contribution in [0.25, 0.3) is 10.9 Å². The number of nitrogens with zero attached hydrogens (tertiary/aromatic N) is 3. The number of carbonyl (C=O) groups excluding carboxylic acids is 2. The number of amides is 2. The minimum absolute atomic E-state index is 0.0339. The normalized spacial score (nSPS) is 25.4. The Morgan fingerprint density at radius 1 is 1.10 bits per heavy atom. The molecule has 0 aliphatic carbocycles. The maximum absolute atomic E-state index is 13.6. The highest BCUT2D eigenvalue weighted by molar-refractivity contribution is 6.00. The Morgan fingerprint density at radius 2 is 1.90 bits per heavy atom. The molecule has 3 aliphatic rings. The van der Waals surface area contributed by atoms with Crippen LogP contribution in [0.4, 0.5) is 0 Å². The minimum atomic E-state index is -0.944. The van der Waals surface area contributed by atoms with Crippen molar-refractivity contribution in [2.75, 3.05) is 52.5 Å². The maximum Gasteiger partial charge on any atom is 0.254 e. The van der Waals surface area contributed by atoms with Gasteiger partial charge < -0.3 is 19.5 Å². The van der Waals surface area contributed by atoms with Crippen molar-refractivity contribution >= 4 is 22.7 Å². The van der Waals surface area contributed by atoms with Crippen molar-refractivity contribution in [2.45, 2.75) is 25.3 Å². The van der Waals surface area contributed by atoms with Crippen LogP contribution < -0.4 is 0 Å². The van der Waals surface area contributed by atoms with Crippen LogP contribution >= 0.6 is 0 Å². The van der Waals surface area contributed by atoms with Gasteiger partial charge in [-0.15, -0.1) is 0 Å². The van der Waals surface area contributed by atoms with Gasteiger partial charge in [0.05, 0.1) is 25.5 Å². The van der Waals surface area contributed by atoms with Gasteiger partial charge in [0.1, 0.15) is 0 Å². The molecule has 4 heterocycles. The second-order valence-corrected chi connectivity index (χ2v) is 8.43. The molecular weight excluding hydrogens is 368 g/mol. The van der Waals surface area contributed by atoms with E-state index >= 15 is 0 Å². The quantitative estimate of drug-likeness (QED) is 0.847. The number of fused-ring (bicyclic) bond motifs is 5. The summed E-state index contributed by atoms with van der Waals surface area (Å²) in [5.41, 5.74) is 2.16. The van der Waals surface area contributed by atoms with Crippen LogP contribution in [0.2, 0.25) is 0 Å². The maximum atomic E-state index is 13.6. The third-order valence-electron chi connectivity index (χ3n) is 6.76. The van der Waals surface area contributed by atoms with Crippen molar-refractivity contribution in [3.05, 3.63) is 35.5 Å². The number of hydrogen-bond acceptors (Lipinski definition) is 4. The van der Waals surface area contributed by atoms with Crippen molar-refractivity contribution < 1.29 is 14.3 Å². The van der Waals surface area contributed by atoms with Crippen LogP contribution in [0.15, 0.2) is 24.3 Å². The molecule has 2 saturated heterocycles. The number of aromatic amines is 1. The summed E-state index contributed by atoms with van der Waals surface area (Å²) in [7, 11) is 0. The Hall–Kier alpha value is -2.38. The first-order valence-corrected chi connectivity index (χ1v) is 10.6. The molecule has 2 aromatic rings. The molecule has 2 amide bonds. The molecule has 7 heteroatoms. The second kappa shape index (κ2) is 7.15. The summed E-state index contributed by atoms with van der Waals surface area (Å²) in [5.74, 6) is 0.0781. The smallest absolute Gasteiger partial charge is 0.254 e. The number of piperazine rings is 1. The van der Waals surface area contributed by atoms with Gasteiger partial charge in [0.15, 0.2) is 5.54 Å². The first-order chi connectivity index (χ1) is 14.1. The SMILES string of the molecule is C[C@@]12C(=O)N(CCCN3CCOCC3)CC(=O)N1CCc1c2[nH]c2ccccc12. The van der Waals surface area contributed by atoms with Crippen molar-refractivity contribution in [1.82, 2.24) is 19.7 Å². The van der Waals surface area contributed by atoms with Gasteiger partial charge in [-0.3, -0.25) is 14.5 Å². The summed E-state index contributed by atoms with van der Waals surface area (Å²) < 4.78 is 5.40. The van der Waals surface area contributed by atoms with Gasteiger partial charge >= 0.3 is 0 Å². The number of aromatic nitrogens is 1. The summed E-state index contributed by atoms with van der Waals surface area (Å²) in [6, 6.07) is 8.16. The molecule has 0 saturated carbocycles. The average Bonchev–Trinajstić information content (AvgIpc) is 3.13. The summed E-state index contributed by atoms with van der Waals surface area (Å²) in [5, 5.41) is 1.16. The topological polar surface area (TPSA) is 68.9 Å². The van der Waals surface area contributed by atoms with Gasteiger partial charge in [-0.1, -0.05) is 18.2 Å². The van der Waals surface area contributed by atoms with Crippen LogP contribution in [-0.2, 0) is 26.3 Å². The number of nitrogens with one attached hydrogen (secondary N) is 1. The number of H-pyrrole nitrogens is 1.